The molecule has 0 aromatic heterocycles. The summed E-state index contributed by atoms with van der Waals surface area (Å²) in [5, 5.41) is 18.2. The summed E-state index contributed by atoms with van der Waals surface area (Å²) in [6.45, 7) is 0. The molecule has 1 rings (SSSR count). The minimum Gasteiger partial charge on any atom is -0.465 e. The van der Waals surface area contributed by atoms with Crippen molar-refractivity contribution in [3.8, 4) is 0 Å². The molecule has 0 aliphatic heterocycles. The van der Waals surface area contributed by atoms with Crippen molar-refractivity contribution in [2.45, 2.75) is 0 Å². The maximum Gasteiger partial charge on any atom is 0.489 e. The van der Waals surface area contributed by atoms with Gasteiger partial charge in [-0.15, -0.1) is 0 Å². The Morgan fingerprint density at radius 2 is 1.71 bits per heavy atom. The van der Waals surface area contributed by atoms with Gasteiger partial charge in [0.1, 0.15) is 0 Å². The number of benzene rings is 1. The Labute approximate surface area is 97.9 Å². The van der Waals surface area contributed by atoms with Crippen LogP contribution in [-0.4, -0.2) is 43.3 Å². The number of hydrogen-bond acceptors (Lipinski definition) is 6. The van der Waals surface area contributed by atoms with Crippen LogP contribution < -0.4 is 5.46 Å². The van der Waals surface area contributed by atoms with Crippen LogP contribution in [0, 0.1) is 0 Å². The van der Waals surface area contributed by atoms with E-state index >= 15 is 0 Å². The van der Waals surface area contributed by atoms with Crippen molar-refractivity contribution in [3.63, 3.8) is 0 Å². The van der Waals surface area contributed by atoms with Gasteiger partial charge in [-0.25, -0.2) is 9.59 Å². The van der Waals surface area contributed by atoms with E-state index in [1.165, 1.54) is 32.4 Å². The fourth-order valence-electron chi connectivity index (χ4n) is 1.32. The van der Waals surface area contributed by atoms with Gasteiger partial charge in [0.2, 0.25) is 0 Å². The molecule has 90 valence electrons. The Hall–Kier alpha value is -1.86. The number of esters is 2. The van der Waals surface area contributed by atoms with Crippen LogP contribution in [0.5, 0.6) is 0 Å². The van der Waals surface area contributed by atoms with E-state index in [9.17, 15) is 9.59 Å². The van der Waals surface area contributed by atoms with Crippen molar-refractivity contribution in [1.29, 1.82) is 0 Å². The Kier molecular flexibility index (Phi) is 4.25. The first kappa shape index (κ1) is 13.2. The molecule has 0 fully saturated rings. The summed E-state index contributed by atoms with van der Waals surface area (Å²) in [4.78, 5) is 22.6. The lowest BCUT2D eigenvalue weighted by Crippen LogP contribution is -2.35. The topological polar surface area (TPSA) is 93.1 Å². The van der Waals surface area contributed by atoms with Gasteiger partial charge in [0.25, 0.3) is 0 Å². The molecule has 0 aliphatic rings. The molecular formula is C10H11BO6. The summed E-state index contributed by atoms with van der Waals surface area (Å²) in [5.74, 6) is -1.35. The largest absolute Gasteiger partial charge is 0.489 e. The molecule has 0 atom stereocenters. The van der Waals surface area contributed by atoms with Crippen LogP contribution in [-0.2, 0) is 9.47 Å². The van der Waals surface area contributed by atoms with Crippen molar-refractivity contribution in [2.24, 2.45) is 0 Å². The fourth-order valence-corrected chi connectivity index (χ4v) is 1.32. The highest BCUT2D eigenvalue weighted by Gasteiger charge is 2.22. The summed E-state index contributed by atoms with van der Waals surface area (Å²) in [5.41, 5.74) is -0.0156. The van der Waals surface area contributed by atoms with E-state index in [2.05, 4.69) is 9.47 Å². The fraction of sp³-hybridized carbons (Fsp3) is 0.200. The maximum atomic E-state index is 11.3. The summed E-state index contributed by atoms with van der Waals surface area (Å²) in [7, 11) is 0.490. The monoisotopic (exact) mass is 238 g/mol. The van der Waals surface area contributed by atoms with Gasteiger partial charge in [-0.3, -0.25) is 0 Å². The third kappa shape index (κ3) is 2.83. The standard InChI is InChI=1S/C10H11BO6/c1-16-9(12)6-3-4-7(10(13)17-2)8(5-6)11(14)15/h3-5,14-15H,1-2H3. The highest BCUT2D eigenvalue weighted by Crippen LogP contribution is 2.06. The van der Waals surface area contributed by atoms with Gasteiger partial charge >= 0.3 is 19.1 Å². The molecule has 0 bridgehead atoms. The molecule has 17 heavy (non-hydrogen) atoms. The summed E-state index contributed by atoms with van der Waals surface area (Å²) >= 11 is 0. The lowest BCUT2D eigenvalue weighted by molar-refractivity contribution is 0.0587. The zero-order chi connectivity index (χ0) is 13.0. The first-order valence-corrected chi connectivity index (χ1v) is 4.68. The van der Waals surface area contributed by atoms with Crippen LogP contribution in [0.1, 0.15) is 20.7 Å². The van der Waals surface area contributed by atoms with E-state index in [1.54, 1.807) is 0 Å². The van der Waals surface area contributed by atoms with Gasteiger partial charge in [0, 0.05) is 0 Å². The molecule has 1 aromatic rings. The molecule has 0 amide bonds. The number of methoxy groups -OCH3 is 2. The van der Waals surface area contributed by atoms with Crippen molar-refractivity contribution < 1.29 is 29.1 Å². The van der Waals surface area contributed by atoms with Gasteiger partial charge in [0.15, 0.2) is 0 Å². The van der Waals surface area contributed by atoms with Gasteiger partial charge in [-0.2, -0.15) is 0 Å². The molecule has 0 aliphatic carbocycles. The molecule has 0 heterocycles. The second-order valence-electron chi connectivity index (χ2n) is 3.16. The summed E-state index contributed by atoms with van der Waals surface area (Å²) < 4.78 is 8.96. The van der Waals surface area contributed by atoms with Crippen LogP contribution in [0.15, 0.2) is 18.2 Å². The smallest absolute Gasteiger partial charge is 0.465 e. The zero-order valence-corrected chi connectivity index (χ0v) is 9.34. The average molecular weight is 238 g/mol. The predicted molar refractivity (Wildman–Crippen MR) is 58.9 cm³/mol. The van der Waals surface area contributed by atoms with E-state index in [4.69, 9.17) is 10.0 Å². The lowest BCUT2D eigenvalue weighted by Gasteiger charge is -2.08. The zero-order valence-electron chi connectivity index (χ0n) is 9.34. The molecule has 2 N–H and O–H groups in total. The quantitative estimate of drug-likeness (QED) is 0.515. The molecule has 0 saturated heterocycles. The van der Waals surface area contributed by atoms with Crippen molar-refractivity contribution >= 4 is 24.5 Å². The minimum atomic E-state index is -1.88. The summed E-state index contributed by atoms with van der Waals surface area (Å²) in [6, 6.07) is 3.78. The van der Waals surface area contributed by atoms with Crippen molar-refractivity contribution in [1.82, 2.24) is 0 Å². The third-order valence-corrected chi connectivity index (χ3v) is 2.16. The number of carbonyl (C=O) groups excluding carboxylic acids is 2. The lowest BCUT2D eigenvalue weighted by atomic mass is 9.76. The molecule has 6 nitrogen and oxygen atoms in total. The molecule has 0 spiro atoms. The highest BCUT2D eigenvalue weighted by atomic mass is 16.5. The Morgan fingerprint density at radius 1 is 1.12 bits per heavy atom. The van der Waals surface area contributed by atoms with Crippen LogP contribution >= 0.6 is 0 Å². The number of carbonyl (C=O) groups is 2. The second-order valence-corrected chi connectivity index (χ2v) is 3.16. The van der Waals surface area contributed by atoms with Gasteiger partial charge in [-0.05, 0) is 23.7 Å². The number of ether oxygens (including phenoxy) is 2. The third-order valence-electron chi connectivity index (χ3n) is 2.16. The second kappa shape index (κ2) is 5.47. The van der Waals surface area contributed by atoms with Gasteiger partial charge < -0.3 is 19.5 Å². The first-order chi connectivity index (χ1) is 8.01. The van der Waals surface area contributed by atoms with E-state index < -0.39 is 19.1 Å². The SMILES string of the molecule is COC(=O)c1ccc(C(=O)OC)c(B(O)O)c1. The van der Waals surface area contributed by atoms with Gasteiger partial charge in [0.05, 0.1) is 25.3 Å². The molecule has 1 aromatic carbocycles. The van der Waals surface area contributed by atoms with Crippen molar-refractivity contribution in [2.75, 3.05) is 14.2 Å². The van der Waals surface area contributed by atoms with E-state index in [0.29, 0.717) is 0 Å². The summed E-state index contributed by atoms with van der Waals surface area (Å²) in [6.07, 6.45) is 0. The first-order valence-electron chi connectivity index (χ1n) is 4.68. The van der Waals surface area contributed by atoms with Gasteiger partial charge in [-0.1, -0.05) is 0 Å². The maximum absolute atomic E-state index is 11.3. The van der Waals surface area contributed by atoms with Crippen LogP contribution in [0.4, 0.5) is 0 Å². The van der Waals surface area contributed by atoms with Crippen LogP contribution in [0.2, 0.25) is 0 Å². The Morgan fingerprint density at radius 3 is 2.18 bits per heavy atom. The highest BCUT2D eigenvalue weighted by molar-refractivity contribution is 6.60. The van der Waals surface area contributed by atoms with E-state index in [1.807, 2.05) is 0 Å². The predicted octanol–water partition coefficient (Wildman–Crippen LogP) is -1.06. The van der Waals surface area contributed by atoms with E-state index in [0.717, 1.165) is 0 Å². The van der Waals surface area contributed by atoms with Crippen LogP contribution in [0.25, 0.3) is 0 Å². The van der Waals surface area contributed by atoms with Crippen LogP contribution in [0.3, 0.4) is 0 Å². The number of rotatable bonds is 3. The average Bonchev–Trinajstić information content (AvgIpc) is 2.35. The molecule has 0 saturated carbocycles. The molecular weight excluding hydrogens is 227 g/mol. The normalized spacial score (nSPS) is 9.65. The molecule has 7 heteroatoms. The Bertz CT molecular complexity index is 442. The van der Waals surface area contributed by atoms with Crippen molar-refractivity contribution in [3.05, 3.63) is 29.3 Å². The van der Waals surface area contributed by atoms with E-state index in [-0.39, 0.29) is 16.6 Å². The minimum absolute atomic E-state index is 0.0184. The molecule has 0 unspecified atom stereocenters. The molecule has 0 radical (unpaired) electrons. The Balaban J connectivity index is 3.26. The number of hydrogen-bond donors (Lipinski definition) is 2.